The third-order valence-electron chi connectivity index (χ3n) is 4.61. The van der Waals surface area contributed by atoms with Gasteiger partial charge in [-0.25, -0.2) is 13.1 Å². The maximum atomic E-state index is 12.9. The summed E-state index contributed by atoms with van der Waals surface area (Å²) < 4.78 is 28.5. The van der Waals surface area contributed by atoms with Crippen molar-refractivity contribution in [1.29, 1.82) is 0 Å². The lowest BCUT2D eigenvalue weighted by molar-refractivity contribution is 0.570. The average Bonchev–Trinajstić information content (AvgIpc) is 2.67. The van der Waals surface area contributed by atoms with Crippen LogP contribution in [0.3, 0.4) is 0 Å². The van der Waals surface area contributed by atoms with Crippen molar-refractivity contribution in [3.8, 4) is 0 Å². The smallest absolute Gasteiger partial charge is 0.241 e. The third-order valence-corrected chi connectivity index (χ3v) is 6.12. The molecule has 3 aromatic carbocycles. The highest BCUT2D eigenvalue weighted by molar-refractivity contribution is 7.89. The van der Waals surface area contributed by atoms with Gasteiger partial charge in [0.25, 0.3) is 0 Å². The van der Waals surface area contributed by atoms with E-state index in [9.17, 15) is 8.42 Å². The number of nitrogens with one attached hydrogen (secondary N) is 1. The molecule has 0 spiro atoms. The topological polar surface area (TPSA) is 75.4 Å². The first-order chi connectivity index (χ1) is 12.9. The molecule has 5 nitrogen and oxygen atoms in total. The third kappa shape index (κ3) is 4.30. The fourth-order valence-corrected chi connectivity index (χ4v) is 4.45. The van der Waals surface area contributed by atoms with Crippen LogP contribution in [0.15, 0.2) is 71.6 Å². The summed E-state index contributed by atoms with van der Waals surface area (Å²) in [5, 5.41) is 1.62. The van der Waals surface area contributed by atoms with Crippen molar-refractivity contribution in [3.63, 3.8) is 0 Å². The Hall–Kier alpha value is -2.41. The Balaban J connectivity index is 1.80. The zero-order chi connectivity index (χ0) is 19.4. The van der Waals surface area contributed by atoms with Crippen molar-refractivity contribution < 1.29 is 8.42 Å². The highest BCUT2D eigenvalue weighted by Gasteiger charge is 2.18. The first-order valence-electron chi connectivity index (χ1n) is 8.89. The molecule has 1 unspecified atom stereocenters. The normalized spacial score (nSPS) is 12.9. The molecule has 6 heteroatoms. The molecule has 0 radical (unpaired) electrons. The molecular formula is C21H25N3O2S. The van der Waals surface area contributed by atoms with Crippen LogP contribution >= 0.6 is 0 Å². The maximum Gasteiger partial charge on any atom is 0.241 e. The predicted octanol–water partition coefficient (Wildman–Crippen LogP) is 3.27. The average molecular weight is 384 g/mol. The van der Waals surface area contributed by atoms with Gasteiger partial charge in [0, 0.05) is 43.1 Å². The van der Waals surface area contributed by atoms with E-state index in [1.807, 2.05) is 73.6 Å². The lowest BCUT2D eigenvalue weighted by Crippen LogP contribution is -2.27. The lowest BCUT2D eigenvalue weighted by Gasteiger charge is -2.17. The van der Waals surface area contributed by atoms with Gasteiger partial charge in [0.15, 0.2) is 0 Å². The van der Waals surface area contributed by atoms with Gasteiger partial charge in [0.05, 0.1) is 4.90 Å². The number of hydrogen-bond acceptors (Lipinski definition) is 4. The Kier molecular flexibility index (Phi) is 5.79. The monoisotopic (exact) mass is 383 g/mol. The van der Waals surface area contributed by atoms with Gasteiger partial charge in [0.1, 0.15) is 0 Å². The Labute approximate surface area is 160 Å². The van der Waals surface area contributed by atoms with Gasteiger partial charge < -0.3 is 10.6 Å². The number of fused-ring (bicyclic) bond motifs is 1. The second-order valence-electron chi connectivity index (χ2n) is 6.73. The number of sulfonamides is 1. The zero-order valence-corrected chi connectivity index (χ0v) is 16.4. The molecule has 0 aliphatic rings. The van der Waals surface area contributed by atoms with Crippen LogP contribution in [0.25, 0.3) is 10.8 Å². The van der Waals surface area contributed by atoms with Gasteiger partial charge in [-0.3, -0.25) is 0 Å². The summed E-state index contributed by atoms with van der Waals surface area (Å²) in [6, 6.07) is 20.5. The summed E-state index contributed by atoms with van der Waals surface area (Å²) in [6.07, 6.45) is 0.525. The van der Waals surface area contributed by atoms with Crippen molar-refractivity contribution in [2.45, 2.75) is 17.4 Å². The first kappa shape index (κ1) is 19.4. The van der Waals surface area contributed by atoms with E-state index in [0.717, 1.165) is 16.6 Å². The van der Waals surface area contributed by atoms with Crippen LogP contribution in [0.2, 0.25) is 0 Å². The summed E-state index contributed by atoms with van der Waals surface area (Å²) >= 11 is 0. The first-order valence-corrected chi connectivity index (χ1v) is 10.4. The standard InChI is InChI=1S/C21H25N3O2S/c1-24(2)20-12-6-11-18-17(20)10-7-13-21(18)27(25,26)23-15-14-19(22)16-8-4-3-5-9-16/h3-13,19,23H,14-15,22H2,1-2H3. The Morgan fingerprint density at radius 3 is 2.30 bits per heavy atom. The highest BCUT2D eigenvalue weighted by Crippen LogP contribution is 2.30. The molecule has 0 heterocycles. The summed E-state index contributed by atoms with van der Waals surface area (Å²) in [4.78, 5) is 2.27. The van der Waals surface area contributed by atoms with Crippen LogP contribution in [0.4, 0.5) is 5.69 Å². The molecule has 3 rings (SSSR count). The number of rotatable bonds is 7. The second kappa shape index (κ2) is 8.08. The minimum Gasteiger partial charge on any atom is -0.377 e. The maximum absolute atomic E-state index is 12.9. The van der Waals surface area contributed by atoms with Crippen LogP contribution < -0.4 is 15.4 Å². The molecule has 0 aromatic heterocycles. The van der Waals surface area contributed by atoms with Gasteiger partial charge in [-0.2, -0.15) is 0 Å². The minimum atomic E-state index is -3.63. The molecule has 1 atom stereocenters. The van der Waals surface area contributed by atoms with Crippen LogP contribution in [-0.2, 0) is 10.0 Å². The fourth-order valence-electron chi connectivity index (χ4n) is 3.18. The molecule has 27 heavy (non-hydrogen) atoms. The van der Waals surface area contributed by atoms with Gasteiger partial charge >= 0.3 is 0 Å². The van der Waals surface area contributed by atoms with E-state index < -0.39 is 10.0 Å². The second-order valence-corrected chi connectivity index (χ2v) is 8.46. The van der Waals surface area contributed by atoms with Crippen molar-refractivity contribution >= 4 is 26.5 Å². The van der Waals surface area contributed by atoms with Gasteiger partial charge in [0.2, 0.25) is 10.0 Å². The lowest BCUT2D eigenvalue weighted by atomic mass is 10.1. The van der Waals surface area contributed by atoms with Crippen molar-refractivity contribution in [2.75, 3.05) is 25.5 Å². The highest BCUT2D eigenvalue weighted by atomic mass is 32.2. The molecule has 0 bridgehead atoms. The molecular weight excluding hydrogens is 358 g/mol. The van der Waals surface area contributed by atoms with E-state index in [2.05, 4.69) is 4.72 Å². The number of benzene rings is 3. The summed E-state index contributed by atoms with van der Waals surface area (Å²) in [6.45, 7) is 0.280. The molecule has 0 saturated heterocycles. The number of anilines is 1. The van der Waals surface area contributed by atoms with E-state index in [1.165, 1.54) is 0 Å². The molecule has 0 saturated carbocycles. The zero-order valence-electron chi connectivity index (χ0n) is 15.6. The quantitative estimate of drug-likeness (QED) is 0.657. The van der Waals surface area contributed by atoms with Crippen molar-refractivity contribution in [1.82, 2.24) is 4.72 Å². The summed E-state index contributed by atoms with van der Waals surface area (Å²) in [5.41, 5.74) is 8.15. The number of hydrogen-bond donors (Lipinski definition) is 2. The summed E-state index contributed by atoms with van der Waals surface area (Å²) in [7, 11) is 0.256. The molecule has 3 aromatic rings. The largest absolute Gasteiger partial charge is 0.377 e. The summed E-state index contributed by atoms with van der Waals surface area (Å²) in [5.74, 6) is 0. The Bertz CT molecular complexity index is 1020. The van der Waals surface area contributed by atoms with E-state index >= 15 is 0 Å². The van der Waals surface area contributed by atoms with E-state index in [1.54, 1.807) is 12.1 Å². The van der Waals surface area contributed by atoms with E-state index in [-0.39, 0.29) is 17.5 Å². The van der Waals surface area contributed by atoms with Crippen molar-refractivity contribution in [3.05, 3.63) is 72.3 Å². The molecule has 0 fully saturated rings. The Morgan fingerprint density at radius 1 is 0.926 bits per heavy atom. The van der Waals surface area contributed by atoms with Crippen LogP contribution in [0.5, 0.6) is 0 Å². The minimum absolute atomic E-state index is 0.207. The molecule has 0 amide bonds. The van der Waals surface area contributed by atoms with Crippen molar-refractivity contribution in [2.24, 2.45) is 5.73 Å². The number of nitrogens with zero attached hydrogens (tertiary/aromatic N) is 1. The van der Waals surface area contributed by atoms with Crippen LogP contribution in [-0.4, -0.2) is 29.1 Å². The Morgan fingerprint density at radius 2 is 1.59 bits per heavy atom. The van der Waals surface area contributed by atoms with Crippen LogP contribution in [0, 0.1) is 0 Å². The van der Waals surface area contributed by atoms with Gasteiger partial charge in [-0.15, -0.1) is 0 Å². The van der Waals surface area contributed by atoms with Gasteiger partial charge in [-0.05, 0) is 24.1 Å². The molecule has 3 N–H and O–H groups in total. The molecule has 142 valence electrons. The SMILES string of the molecule is CN(C)c1cccc2c(S(=O)(=O)NCCC(N)c3ccccc3)cccc12. The molecule has 0 aliphatic heterocycles. The molecule has 0 aliphatic carbocycles. The predicted molar refractivity (Wildman–Crippen MR) is 111 cm³/mol. The van der Waals surface area contributed by atoms with Gasteiger partial charge in [-0.1, -0.05) is 54.6 Å². The number of nitrogens with two attached hydrogens (primary N) is 1. The van der Waals surface area contributed by atoms with E-state index in [0.29, 0.717) is 11.8 Å². The van der Waals surface area contributed by atoms with E-state index in [4.69, 9.17) is 5.73 Å². The van der Waals surface area contributed by atoms with Crippen LogP contribution in [0.1, 0.15) is 18.0 Å². The fraction of sp³-hybridized carbons (Fsp3) is 0.238.